The van der Waals surface area contributed by atoms with Crippen molar-refractivity contribution in [3.05, 3.63) is 11.6 Å². The number of carbonyl (C=O) groups excluding carboxylic acids is 2. The fourth-order valence-electron chi connectivity index (χ4n) is 0.435. The van der Waals surface area contributed by atoms with E-state index in [1.54, 1.807) is 6.08 Å². The lowest BCUT2D eigenvalue weighted by Crippen LogP contribution is -2.36. The van der Waals surface area contributed by atoms with E-state index in [-0.39, 0.29) is 0 Å². The van der Waals surface area contributed by atoms with Crippen molar-refractivity contribution in [2.24, 2.45) is 5.73 Å². The van der Waals surface area contributed by atoms with Crippen LogP contribution in [-0.2, 0) is 9.59 Å². The van der Waals surface area contributed by atoms with Crippen LogP contribution in [0.5, 0.6) is 0 Å². The standard InChI is InChI=1S/C7H12N2O2/c1-5(2)3-4-9-7(11)6(8)10/h3H,4H2,1-2H3,(H2,8,10)(H,9,11). The Labute approximate surface area is 65.5 Å². The van der Waals surface area contributed by atoms with Crippen LogP contribution in [0.1, 0.15) is 13.8 Å². The van der Waals surface area contributed by atoms with Crippen LogP contribution in [0.15, 0.2) is 11.6 Å². The third-order valence-electron chi connectivity index (χ3n) is 0.997. The molecule has 0 aliphatic heterocycles. The molecule has 11 heavy (non-hydrogen) atoms. The Kier molecular flexibility index (Phi) is 3.95. The van der Waals surface area contributed by atoms with Crippen molar-refractivity contribution >= 4 is 11.8 Å². The maximum Gasteiger partial charge on any atom is 0.309 e. The van der Waals surface area contributed by atoms with Gasteiger partial charge in [0.2, 0.25) is 0 Å². The predicted molar refractivity (Wildman–Crippen MR) is 41.6 cm³/mol. The van der Waals surface area contributed by atoms with Crippen LogP contribution in [0.2, 0.25) is 0 Å². The number of allylic oxidation sites excluding steroid dienone is 1. The number of carbonyl (C=O) groups is 2. The molecule has 0 saturated heterocycles. The Balaban J connectivity index is 3.64. The van der Waals surface area contributed by atoms with Crippen molar-refractivity contribution in [1.29, 1.82) is 0 Å². The van der Waals surface area contributed by atoms with Crippen molar-refractivity contribution in [3.63, 3.8) is 0 Å². The second kappa shape index (κ2) is 4.49. The first-order chi connectivity index (χ1) is 5.04. The van der Waals surface area contributed by atoms with Gasteiger partial charge in [0.25, 0.3) is 0 Å². The third kappa shape index (κ3) is 5.14. The van der Waals surface area contributed by atoms with Gasteiger partial charge >= 0.3 is 11.8 Å². The van der Waals surface area contributed by atoms with Crippen molar-refractivity contribution in [2.75, 3.05) is 6.54 Å². The number of rotatable bonds is 2. The second-order valence-electron chi connectivity index (χ2n) is 2.36. The maximum absolute atomic E-state index is 10.5. The van der Waals surface area contributed by atoms with Gasteiger partial charge in [-0.3, -0.25) is 9.59 Å². The number of nitrogens with one attached hydrogen (secondary N) is 1. The van der Waals surface area contributed by atoms with Gasteiger partial charge in [-0.25, -0.2) is 0 Å². The Hall–Kier alpha value is -1.32. The van der Waals surface area contributed by atoms with Crippen LogP contribution in [-0.4, -0.2) is 18.4 Å². The molecule has 0 bridgehead atoms. The molecule has 0 heterocycles. The molecular formula is C7H12N2O2. The summed E-state index contributed by atoms with van der Waals surface area (Å²) in [4.78, 5) is 20.7. The summed E-state index contributed by atoms with van der Waals surface area (Å²) in [5.74, 6) is -1.70. The SMILES string of the molecule is CC(C)=CCNC(=O)C(N)=O. The van der Waals surface area contributed by atoms with Gasteiger partial charge in [-0.15, -0.1) is 0 Å². The summed E-state index contributed by atoms with van der Waals surface area (Å²) >= 11 is 0. The summed E-state index contributed by atoms with van der Waals surface area (Å²) < 4.78 is 0. The number of hydrogen-bond donors (Lipinski definition) is 2. The molecule has 0 atom stereocenters. The number of amides is 2. The van der Waals surface area contributed by atoms with Crippen LogP contribution in [0.25, 0.3) is 0 Å². The molecule has 0 rings (SSSR count). The summed E-state index contributed by atoms with van der Waals surface area (Å²) in [6.45, 7) is 4.15. The van der Waals surface area contributed by atoms with Crippen LogP contribution in [0, 0.1) is 0 Å². The van der Waals surface area contributed by atoms with E-state index in [9.17, 15) is 9.59 Å². The number of hydrogen-bond acceptors (Lipinski definition) is 2. The van der Waals surface area contributed by atoms with E-state index in [0.717, 1.165) is 5.57 Å². The molecule has 3 N–H and O–H groups in total. The van der Waals surface area contributed by atoms with Gasteiger partial charge in [-0.1, -0.05) is 11.6 Å². The smallest absolute Gasteiger partial charge is 0.309 e. The molecule has 2 amide bonds. The largest absolute Gasteiger partial charge is 0.361 e. The lowest BCUT2D eigenvalue weighted by molar-refractivity contribution is -0.137. The van der Waals surface area contributed by atoms with Crippen LogP contribution in [0.4, 0.5) is 0 Å². The Morgan fingerprint density at radius 3 is 2.36 bits per heavy atom. The average Bonchev–Trinajstić information content (AvgIpc) is 1.86. The highest BCUT2D eigenvalue weighted by molar-refractivity contribution is 6.34. The van der Waals surface area contributed by atoms with E-state index in [4.69, 9.17) is 0 Å². The normalized spacial score (nSPS) is 8.55. The molecule has 0 aliphatic carbocycles. The van der Waals surface area contributed by atoms with Crippen LogP contribution < -0.4 is 11.1 Å². The van der Waals surface area contributed by atoms with E-state index in [0.29, 0.717) is 6.54 Å². The third-order valence-corrected chi connectivity index (χ3v) is 0.997. The first kappa shape index (κ1) is 9.68. The average molecular weight is 156 g/mol. The molecule has 0 saturated carbocycles. The van der Waals surface area contributed by atoms with Gasteiger partial charge in [0, 0.05) is 6.54 Å². The molecule has 0 unspecified atom stereocenters. The first-order valence-electron chi connectivity index (χ1n) is 3.25. The Morgan fingerprint density at radius 1 is 1.45 bits per heavy atom. The van der Waals surface area contributed by atoms with Gasteiger partial charge in [0.15, 0.2) is 0 Å². The second-order valence-corrected chi connectivity index (χ2v) is 2.36. The topological polar surface area (TPSA) is 72.2 Å². The van der Waals surface area contributed by atoms with Gasteiger partial charge < -0.3 is 11.1 Å². The van der Waals surface area contributed by atoms with E-state index in [1.807, 2.05) is 13.8 Å². The number of nitrogens with two attached hydrogens (primary N) is 1. The molecule has 0 aliphatic rings. The molecule has 0 spiro atoms. The monoisotopic (exact) mass is 156 g/mol. The highest BCUT2D eigenvalue weighted by Gasteiger charge is 2.04. The van der Waals surface area contributed by atoms with Gasteiger partial charge in [0.1, 0.15) is 0 Å². The van der Waals surface area contributed by atoms with Crippen molar-refractivity contribution in [1.82, 2.24) is 5.32 Å². The lowest BCUT2D eigenvalue weighted by Gasteiger charge is -1.96. The molecule has 4 heteroatoms. The fraction of sp³-hybridized carbons (Fsp3) is 0.429. The molecule has 0 fully saturated rings. The van der Waals surface area contributed by atoms with E-state index >= 15 is 0 Å². The number of primary amides is 1. The lowest BCUT2D eigenvalue weighted by atomic mass is 10.3. The highest BCUT2D eigenvalue weighted by Crippen LogP contribution is 1.84. The minimum atomic E-state index is -0.952. The summed E-state index contributed by atoms with van der Waals surface area (Å²) in [7, 11) is 0. The molecular weight excluding hydrogens is 144 g/mol. The van der Waals surface area contributed by atoms with Gasteiger partial charge in [-0.2, -0.15) is 0 Å². The van der Waals surface area contributed by atoms with Crippen LogP contribution in [0.3, 0.4) is 0 Å². The minimum absolute atomic E-state index is 0.351. The maximum atomic E-state index is 10.5. The summed E-state index contributed by atoms with van der Waals surface area (Å²) in [5, 5.41) is 2.32. The fourth-order valence-corrected chi connectivity index (χ4v) is 0.435. The van der Waals surface area contributed by atoms with Crippen molar-refractivity contribution in [3.8, 4) is 0 Å². The zero-order chi connectivity index (χ0) is 8.85. The molecule has 62 valence electrons. The Bertz CT molecular complexity index is 193. The summed E-state index contributed by atoms with van der Waals surface area (Å²) in [6, 6.07) is 0. The van der Waals surface area contributed by atoms with E-state index < -0.39 is 11.8 Å². The molecule has 0 radical (unpaired) electrons. The molecule has 0 aromatic rings. The molecule has 4 nitrogen and oxygen atoms in total. The zero-order valence-electron chi connectivity index (χ0n) is 6.68. The van der Waals surface area contributed by atoms with Crippen molar-refractivity contribution < 1.29 is 9.59 Å². The summed E-state index contributed by atoms with van der Waals surface area (Å²) in [6.07, 6.45) is 1.79. The van der Waals surface area contributed by atoms with Crippen LogP contribution >= 0.6 is 0 Å². The van der Waals surface area contributed by atoms with E-state index in [2.05, 4.69) is 11.1 Å². The van der Waals surface area contributed by atoms with E-state index in [1.165, 1.54) is 0 Å². The van der Waals surface area contributed by atoms with Crippen molar-refractivity contribution in [2.45, 2.75) is 13.8 Å². The first-order valence-corrected chi connectivity index (χ1v) is 3.25. The quantitative estimate of drug-likeness (QED) is 0.420. The van der Waals surface area contributed by atoms with Gasteiger partial charge in [-0.05, 0) is 13.8 Å². The summed E-state index contributed by atoms with van der Waals surface area (Å²) in [5.41, 5.74) is 5.76. The molecule has 0 aromatic carbocycles. The predicted octanol–water partition coefficient (Wildman–Crippen LogP) is -0.446. The van der Waals surface area contributed by atoms with Gasteiger partial charge in [0.05, 0.1) is 0 Å². The minimum Gasteiger partial charge on any atom is -0.361 e. The highest BCUT2D eigenvalue weighted by atomic mass is 16.2. The molecule has 0 aromatic heterocycles. The zero-order valence-corrected chi connectivity index (χ0v) is 6.68. The Morgan fingerprint density at radius 2 is 2.00 bits per heavy atom.